The van der Waals surface area contributed by atoms with Gasteiger partial charge in [-0.3, -0.25) is 4.79 Å². The van der Waals surface area contributed by atoms with Gasteiger partial charge in [0.1, 0.15) is 0 Å². The van der Waals surface area contributed by atoms with Crippen molar-refractivity contribution in [3.63, 3.8) is 0 Å². The predicted molar refractivity (Wildman–Crippen MR) is 28.8 cm³/mol. The number of nitrogens with one attached hydrogen (secondary N) is 1. The van der Waals surface area contributed by atoms with Crippen molar-refractivity contribution < 1.29 is 4.79 Å². The van der Waals surface area contributed by atoms with Gasteiger partial charge in [0.25, 0.3) is 0 Å². The Morgan fingerprint density at radius 1 is 1.86 bits per heavy atom. The fraction of sp³-hybridized carbons (Fsp3) is 0.800. The number of rotatable bonds is 3. The molecule has 0 heterocycles. The molecule has 0 saturated carbocycles. The lowest BCUT2D eigenvalue weighted by Crippen LogP contribution is -2.26. The molecule has 0 rings (SSSR count). The maximum atomic E-state index is 9.71. The second-order valence-corrected chi connectivity index (χ2v) is 1.40. The molecule has 0 bridgehead atoms. The highest BCUT2D eigenvalue weighted by atomic mass is 16.1. The first kappa shape index (κ1) is 6.63. The molecule has 41 valence electrons. The summed E-state index contributed by atoms with van der Waals surface area (Å²) in [5.74, 6) is 0. The Balaban J connectivity index is 2.98. The van der Waals surface area contributed by atoms with Crippen molar-refractivity contribution in [2.75, 3.05) is 6.54 Å². The van der Waals surface area contributed by atoms with E-state index in [2.05, 4.69) is 5.32 Å². The van der Waals surface area contributed by atoms with E-state index in [1.165, 1.54) is 0 Å². The number of likely N-dealkylation sites (N-methyl/N-ethyl adjacent to an activating group) is 1. The standard InChI is InChI=1S/C5H10NO/c1-3-6-5(2)4-7/h5-6H,3H2,1-2H3/t5-/m0/s1. The third-order valence-corrected chi connectivity index (χ3v) is 0.687. The molecule has 1 atom stereocenters. The molecule has 1 N–H and O–H groups in total. The van der Waals surface area contributed by atoms with Gasteiger partial charge in [-0.25, -0.2) is 0 Å². The lowest BCUT2D eigenvalue weighted by molar-refractivity contribution is 0.528. The zero-order valence-corrected chi connectivity index (χ0v) is 4.69. The molecule has 0 aliphatic carbocycles. The molecule has 0 aliphatic rings. The minimum atomic E-state index is -0.106. The van der Waals surface area contributed by atoms with Crippen LogP contribution in [0, 0.1) is 0 Å². The van der Waals surface area contributed by atoms with Crippen molar-refractivity contribution in [1.82, 2.24) is 5.32 Å². The molecule has 0 spiro atoms. The largest absolute Gasteiger partial charge is 0.308 e. The first-order chi connectivity index (χ1) is 3.31. The number of hydrogen-bond donors (Lipinski definition) is 1. The van der Waals surface area contributed by atoms with Crippen LogP contribution >= 0.6 is 0 Å². The minimum absolute atomic E-state index is 0.106. The van der Waals surface area contributed by atoms with E-state index < -0.39 is 0 Å². The molecular formula is C5H10NO. The van der Waals surface area contributed by atoms with Gasteiger partial charge in [0.15, 0.2) is 0 Å². The Labute approximate surface area is 43.9 Å². The molecule has 0 fully saturated rings. The van der Waals surface area contributed by atoms with Gasteiger partial charge in [-0.05, 0) is 13.5 Å². The van der Waals surface area contributed by atoms with Gasteiger partial charge >= 0.3 is 0 Å². The van der Waals surface area contributed by atoms with Crippen molar-refractivity contribution in [2.45, 2.75) is 19.9 Å². The Morgan fingerprint density at radius 3 is 2.57 bits per heavy atom. The van der Waals surface area contributed by atoms with Gasteiger partial charge < -0.3 is 5.32 Å². The highest BCUT2D eigenvalue weighted by Crippen LogP contribution is 1.68. The van der Waals surface area contributed by atoms with Crippen molar-refractivity contribution in [1.29, 1.82) is 0 Å². The van der Waals surface area contributed by atoms with Crippen molar-refractivity contribution in [3.05, 3.63) is 0 Å². The quantitative estimate of drug-likeness (QED) is 0.544. The molecule has 0 aromatic heterocycles. The van der Waals surface area contributed by atoms with E-state index in [-0.39, 0.29) is 6.04 Å². The second kappa shape index (κ2) is 3.81. The summed E-state index contributed by atoms with van der Waals surface area (Å²) in [4.78, 5) is 9.71. The first-order valence-electron chi connectivity index (χ1n) is 2.42. The fourth-order valence-electron chi connectivity index (χ4n) is 0.348. The van der Waals surface area contributed by atoms with Crippen molar-refractivity contribution in [3.8, 4) is 0 Å². The van der Waals surface area contributed by atoms with E-state index >= 15 is 0 Å². The monoisotopic (exact) mass is 100 g/mol. The first-order valence-corrected chi connectivity index (χ1v) is 2.42. The molecule has 1 radical (unpaired) electrons. The maximum absolute atomic E-state index is 9.71. The number of hydrogen-bond acceptors (Lipinski definition) is 2. The zero-order valence-electron chi connectivity index (χ0n) is 4.69. The fourth-order valence-corrected chi connectivity index (χ4v) is 0.348. The lowest BCUT2D eigenvalue weighted by Gasteiger charge is -1.98. The van der Waals surface area contributed by atoms with Crippen LogP contribution in [0.1, 0.15) is 13.8 Å². The van der Waals surface area contributed by atoms with E-state index in [1.807, 2.05) is 6.92 Å². The van der Waals surface area contributed by atoms with Crippen LogP contribution in [0.3, 0.4) is 0 Å². The summed E-state index contributed by atoms with van der Waals surface area (Å²) in [6.07, 6.45) is 1.80. The number of carbonyl (C=O) groups excluding carboxylic acids is 1. The van der Waals surface area contributed by atoms with Gasteiger partial charge in [0, 0.05) is 0 Å². The highest BCUT2D eigenvalue weighted by molar-refractivity contribution is 5.57. The van der Waals surface area contributed by atoms with Crippen molar-refractivity contribution in [2.24, 2.45) is 0 Å². The van der Waals surface area contributed by atoms with E-state index in [9.17, 15) is 4.79 Å². The summed E-state index contributed by atoms with van der Waals surface area (Å²) in [5.41, 5.74) is 0. The smallest absolute Gasteiger partial charge is 0.216 e. The molecule has 0 aliphatic heterocycles. The van der Waals surface area contributed by atoms with Crippen LogP contribution in [0.15, 0.2) is 0 Å². The van der Waals surface area contributed by atoms with E-state index in [0.717, 1.165) is 6.54 Å². The Hall–Kier alpha value is -0.370. The summed E-state index contributed by atoms with van der Waals surface area (Å²) >= 11 is 0. The summed E-state index contributed by atoms with van der Waals surface area (Å²) in [7, 11) is 0. The molecule has 2 heteroatoms. The van der Waals surface area contributed by atoms with Gasteiger partial charge in [-0.1, -0.05) is 6.92 Å². The summed E-state index contributed by atoms with van der Waals surface area (Å²) in [6, 6.07) is -0.106. The van der Waals surface area contributed by atoms with Crippen LogP contribution in [0.4, 0.5) is 0 Å². The van der Waals surface area contributed by atoms with Crippen LogP contribution in [0.5, 0.6) is 0 Å². The molecule has 0 aromatic rings. The van der Waals surface area contributed by atoms with E-state index in [1.54, 1.807) is 13.2 Å². The highest BCUT2D eigenvalue weighted by Gasteiger charge is 1.92. The third-order valence-electron chi connectivity index (χ3n) is 0.687. The molecule has 0 aromatic carbocycles. The van der Waals surface area contributed by atoms with Gasteiger partial charge in [0.2, 0.25) is 6.29 Å². The Kier molecular flexibility index (Phi) is 3.61. The van der Waals surface area contributed by atoms with Crippen LogP contribution < -0.4 is 5.32 Å². The normalized spacial score (nSPS) is 13.4. The second-order valence-electron chi connectivity index (χ2n) is 1.40. The molecule has 0 saturated heterocycles. The van der Waals surface area contributed by atoms with Gasteiger partial charge in [-0.15, -0.1) is 0 Å². The Bertz CT molecular complexity index is 54.0. The van der Waals surface area contributed by atoms with Gasteiger partial charge in [-0.2, -0.15) is 0 Å². The van der Waals surface area contributed by atoms with Crippen LogP contribution in [-0.2, 0) is 4.79 Å². The average molecular weight is 100 g/mol. The molecule has 2 nitrogen and oxygen atoms in total. The Morgan fingerprint density at radius 2 is 2.43 bits per heavy atom. The van der Waals surface area contributed by atoms with Crippen LogP contribution in [0.2, 0.25) is 0 Å². The van der Waals surface area contributed by atoms with Crippen LogP contribution in [0.25, 0.3) is 0 Å². The van der Waals surface area contributed by atoms with Crippen molar-refractivity contribution >= 4 is 6.29 Å². The minimum Gasteiger partial charge on any atom is -0.308 e. The summed E-state index contributed by atoms with van der Waals surface area (Å²) < 4.78 is 0. The third kappa shape index (κ3) is 3.46. The van der Waals surface area contributed by atoms with Gasteiger partial charge in [0.05, 0.1) is 6.04 Å². The molecule has 7 heavy (non-hydrogen) atoms. The molecule has 0 amide bonds. The van der Waals surface area contributed by atoms with Crippen LogP contribution in [-0.4, -0.2) is 18.9 Å². The maximum Gasteiger partial charge on any atom is 0.216 e. The SMILES string of the molecule is CCN[C@@H](C)[C]=O. The van der Waals surface area contributed by atoms with E-state index in [4.69, 9.17) is 0 Å². The lowest BCUT2D eigenvalue weighted by atomic mass is 10.4. The predicted octanol–water partition coefficient (Wildman–Crippen LogP) is 0.0941. The summed E-state index contributed by atoms with van der Waals surface area (Å²) in [5, 5.41) is 2.87. The molecule has 0 unspecified atom stereocenters. The van der Waals surface area contributed by atoms with E-state index in [0.29, 0.717) is 0 Å². The summed E-state index contributed by atoms with van der Waals surface area (Å²) in [6.45, 7) is 4.56. The molecular weight excluding hydrogens is 90.1 g/mol. The topological polar surface area (TPSA) is 29.1 Å². The zero-order chi connectivity index (χ0) is 5.70. The average Bonchev–Trinajstić information content (AvgIpc) is 1.68.